The van der Waals surface area contributed by atoms with Crippen molar-refractivity contribution in [3.05, 3.63) is 30.0 Å². The highest BCUT2D eigenvalue weighted by atomic mass is 32.2. The monoisotopic (exact) mass is 261 g/mol. The molecule has 0 saturated heterocycles. The van der Waals surface area contributed by atoms with Gasteiger partial charge in [-0.05, 0) is 30.1 Å². The Morgan fingerprint density at radius 3 is 3.00 bits per heavy atom. The zero-order valence-corrected chi connectivity index (χ0v) is 11.1. The predicted octanol–water partition coefficient (Wildman–Crippen LogP) is 3.83. The summed E-state index contributed by atoms with van der Waals surface area (Å²) in [6.45, 7) is 2.76. The molecule has 1 aromatic carbocycles. The summed E-state index contributed by atoms with van der Waals surface area (Å²) >= 11 is 1.89. The lowest BCUT2D eigenvalue weighted by Gasteiger charge is -2.03. The van der Waals surface area contributed by atoms with Gasteiger partial charge in [-0.3, -0.25) is 0 Å². The van der Waals surface area contributed by atoms with Crippen molar-refractivity contribution >= 4 is 22.7 Å². The molecular weight excluding hydrogens is 246 g/mol. The van der Waals surface area contributed by atoms with Crippen molar-refractivity contribution in [3.63, 3.8) is 0 Å². The van der Waals surface area contributed by atoms with E-state index in [1.807, 2.05) is 42.1 Å². The molecule has 0 radical (unpaired) electrons. The normalized spacial score (nSPS) is 10.4. The quantitative estimate of drug-likeness (QED) is 0.741. The van der Waals surface area contributed by atoms with E-state index in [0.29, 0.717) is 17.9 Å². The summed E-state index contributed by atoms with van der Waals surface area (Å²) in [5.74, 6) is 3.04. The minimum Gasteiger partial charge on any atom is -0.488 e. The number of nitriles is 1. The molecule has 0 bridgehead atoms. The molecule has 1 heterocycles. The first-order chi connectivity index (χ1) is 8.86. The van der Waals surface area contributed by atoms with E-state index >= 15 is 0 Å². The van der Waals surface area contributed by atoms with E-state index < -0.39 is 0 Å². The van der Waals surface area contributed by atoms with Crippen LogP contribution in [-0.2, 0) is 0 Å². The molecule has 0 amide bonds. The van der Waals surface area contributed by atoms with Gasteiger partial charge in [0.15, 0.2) is 5.75 Å². The summed E-state index contributed by atoms with van der Waals surface area (Å²) in [6.07, 6.45) is 0.975. The van der Waals surface area contributed by atoms with Crippen molar-refractivity contribution in [2.24, 2.45) is 0 Å². The second-order valence-electron chi connectivity index (χ2n) is 3.77. The van der Waals surface area contributed by atoms with Crippen molar-refractivity contribution in [1.29, 1.82) is 5.26 Å². The third-order valence-electron chi connectivity index (χ3n) is 2.54. The number of fused-ring (bicyclic) bond motifs is 1. The minimum atomic E-state index is 0.263. The number of furan rings is 1. The van der Waals surface area contributed by atoms with Crippen LogP contribution in [0.25, 0.3) is 11.0 Å². The molecule has 94 valence electrons. The smallest absolute Gasteiger partial charge is 0.246 e. The van der Waals surface area contributed by atoms with Crippen LogP contribution in [-0.4, -0.2) is 18.1 Å². The van der Waals surface area contributed by atoms with Crippen molar-refractivity contribution < 1.29 is 9.15 Å². The Bertz CT molecular complexity index is 556. The van der Waals surface area contributed by atoms with Crippen LogP contribution in [0.1, 0.15) is 19.1 Å². The third kappa shape index (κ3) is 2.80. The van der Waals surface area contributed by atoms with Gasteiger partial charge in [-0.15, -0.1) is 0 Å². The fraction of sp³-hybridized carbons (Fsp3) is 0.357. The summed E-state index contributed by atoms with van der Waals surface area (Å²) < 4.78 is 11.1. The number of hydrogen-bond acceptors (Lipinski definition) is 4. The van der Waals surface area contributed by atoms with Gasteiger partial charge in [0.2, 0.25) is 5.76 Å². The van der Waals surface area contributed by atoms with Gasteiger partial charge in [-0.25, -0.2) is 0 Å². The fourth-order valence-electron chi connectivity index (χ4n) is 1.72. The van der Waals surface area contributed by atoms with Crippen LogP contribution < -0.4 is 4.74 Å². The molecule has 0 saturated carbocycles. The first-order valence-corrected chi connectivity index (χ1v) is 7.14. The molecule has 2 rings (SSSR count). The van der Waals surface area contributed by atoms with Crippen LogP contribution in [0.3, 0.4) is 0 Å². The molecule has 0 unspecified atom stereocenters. The largest absolute Gasteiger partial charge is 0.488 e. The van der Waals surface area contributed by atoms with Crippen LogP contribution >= 0.6 is 11.8 Å². The van der Waals surface area contributed by atoms with Crippen molar-refractivity contribution in [1.82, 2.24) is 0 Å². The lowest BCUT2D eigenvalue weighted by atomic mass is 10.2. The van der Waals surface area contributed by atoms with Crippen LogP contribution in [0, 0.1) is 11.3 Å². The maximum Gasteiger partial charge on any atom is 0.246 e. The summed E-state index contributed by atoms with van der Waals surface area (Å²) in [4.78, 5) is 0. The van der Waals surface area contributed by atoms with Gasteiger partial charge in [0, 0.05) is 0 Å². The van der Waals surface area contributed by atoms with Gasteiger partial charge in [0.05, 0.1) is 12.0 Å². The zero-order chi connectivity index (χ0) is 12.8. The summed E-state index contributed by atoms with van der Waals surface area (Å²) in [6, 6.07) is 9.59. The third-order valence-corrected chi connectivity index (χ3v) is 3.52. The minimum absolute atomic E-state index is 0.263. The van der Waals surface area contributed by atoms with Crippen molar-refractivity contribution in [2.45, 2.75) is 13.3 Å². The summed E-state index contributed by atoms with van der Waals surface area (Å²) in [5.41, 5.74) is 0.701. The van der Waals surface area contributed by atoms with Crippen molar-refractivity contribution in [2.75, 3.05) is 18.1 Å². The maximum absolute atomic E-state index is 9.03. The van der Waals surface area contributed by atoms with Crippen LogP contribution in [0.5, 0.6) is 5.75 Å². The SMILES string of the molecule is CCSCCCOc1c(C#N)oc2ccccc12. The zero-order valence-electron chi connectivity index (χ0n) is 10.3. The molecule has 0 N–H and O–H groups in total. The Balaban J connectivity index is 2.09. The van der Waals surface area contributed by atoms with Gasteiger partial charge < -0.3 is 9.15 Å². The standard InChI is InChI=1S/C14H15NO2S/c1-2-18-9-5-8-16-14-11-6-3-4-7-12(11)17-13(14)10-15/h3-4,6-7H,2,5,8-9H2,1H3. The van der Waals surface area contributed by atoms with Gasteiger partial charge in [-0.2, -0.15) is 17.0 Å². The second-order valence-corrected chi connectivity index (χ2v) is 5.16. The molecule has 4 heteroatoms. The van der Waals surface area contributed by atoms with E-state index in [1.165, 1.54) is 0 Å². The van der Waals surface area contributed by atoms with E-state index in [4.69, 9.17) is 14.4 Å². The Hall–Kier alpha value is -1.60. The van der Waals surface area contributed by atoms with Gasteiger partial charge in [0.1, 0.15) is 11.7 Å². The summed E-state index contributed by atoms with van der Waals surface area (Å²) in [5, 5.41) is 9.90. The number of nitrogens with zero attached hydrogens (tertiary/aromatic N) is 1. The molecule has 0 aliphatic rings. The van der Waals surface area contributed by atoms with E-state index in [-0.39, 0.29) is 5.76 Å². The molecular formula is C14H15NO2S. The Morgan fingerprint density at radius 2 is 2.22 bits per heavy atom. The molecule has 18 heavy (non-hydrogen) atoms. The molecule has 0 atom stereocenters. The topological polar surface area (TPSA) is 46.2 Å². The maximum atomic E-state index is 9.03. The van der Waals surface area contributed by atoms with E-state index in [9.17, 15) is 0 Å². The van der Waals surface area contributed by atoms with E-state index in [1.54, 1.807) is 0 Å². The van der Waals surface area contributed by atoms with Crippen LogP contribution in [0.4, 0.5) is 0 Å². The average Bonchev–Trinajstić information content (AvgIpc) is 2.77. The van der Waals surface area contributed by atoms with E-state index in [0.717, 1.165) is 23.3 Å². The lowest BCUT2D eigenvalue weighted by Crippen LogP contribution is -1.99. The average molecular weight is 261 g/mol. The Morgan fingerprint density at radius 1 is 1.39 bits per heavy atom. The highest BCUT2D eigenvalue weighted by Crippen LogP contribution is 2.32. The van der Waals surface area contributed by atoms with Crippen LogP contribution in [0.2, 0.25) is 0 Å². The molecule has 1 aromatic heterocycles. The number of rotatable bonds is 6. The number of benzene rings is 1. The number of ether oxygens (including phenoxy) is 1. The molecule has 0 aliphatic heterocycles. The molecule has 0 fully saturated rings. The molecule has 3 nitrogen and oxygen atoms in total. The first kappa shape index (κ1) is 12.8. The predicted molar refractivity (Wildman–Crippen MR) is 74.0 cm³/mol. The van der Waals surface area contributed by atoms with E-state index in [2.05, 4.69) is 6.92 Å². The highest BCUT2D eigenvalue weighted by molar-refractivity contribution is 7.99. The first-order valence-electron chi connectivity index (χ1n) is 5.99. The lowest BCUT2D eigenvalue weighted by molar-refractivity contribution is 0.316. The number of hydrogen-bond donors (Lipinski definition) is 0. The number of thioether (sulfide) groups is 1. The fourth-order valence-corrected chi connectivity index (χ4v) is 2.33. The highest BCUT2D eigenvalue weighted by Gasteiger charge is 2.14. The second kappa shape index (κ2) is 6.36. The van der Waals surface area contributed by atoms with Gasteiger partial charge in [-0.1, -0.05) is 19.1 Å². The number of para-hydroxylation sites is 1. The molecule has 2 aromatic rings. The van der Waals surface area contributed by atoms with Gasteiger partial charge >= 0.3 is 0 Å². The Labute approximate surface area is 111 Å². The van der Waals surface area contributed by atoms with Gasteiger partial charge in [0.25, 0.3) is 0 Å². The molecule has 0 spiro atoms. The summed E-state index contributed by atoms with van der Waals surface area (Å²) in [7, 11) is 0. The Kier molecular flexibility index (Phi) is 4.54. The van der Waals surface area contributed by atoms with Crippen LogP contribution in [0.15, 0.2) is 28.7 Å². The molecule has 0 aliphatic carbocycles. The van der Waals surface area contributed by atoms with Crippen molar-refractivity contribution in [3.8, 4) is 11.8 Å².